The molecule has 0 aromatic carbocycles. The summed E-state index contributed by atoms with van der Waals surface area (Å²) in [5.74, 6) is 0. The fourth-order valence-electron chi connectivity index (χ4n) is 2.93. The Morgan fingerprint density at radius 2 is 2.00 bits per heavy atom. The first kappa shape index (κ1) is 10.4. The molecule has 2 fully saturated rings. The molecule has 0 bridgehead atoms. The maximum atomic E-state index is 3.72. The van der Waals surface area contributed by atoms with Crippen molar-refractivity contribution in [3.05, 3.63) is 0 Å². The van der Waals surface area contributed by atoms with Crippen molar-refractivity contribution < 1.29 is 0 Å². The van der Waals surface area contributed by atoms with Crippen LogP contribution < -0.4 is 5.32 Å². The lowest BCUT2D eigenvalue weighted by Gasteiger charge is -2.33. The summed E-state index contributed by atoms with van der Waals surface area (Å²) in [5, 5.41) is 3.72. The maximum Gasteiger partial charge on any atom is 0.0197 e. The summed E-state index contributed by atoms with van der Waals surface area (Å²) < 4.78 is 0. The Bertz CT molecular complexity index is 181. The SMILES string of the molecule is CC1CCCC(CN2CCCC2C)N1. The Kier molecular flexibility index (Phi) is 3.45. The summed E-state index contributed by atoms with van der Waals surface area (Å²) >= 11 is 0. The number of rotatable bonds is 2. The van der Waals surface area contributed by atoms with Crippen molar-refractivity contribution in [3.8, 4) is 0 Å². The second kappa shape index (κ2) is 4.63. The molecule has 2 aliphatic heterocycles. The predicted molar refractivity (Wildman–Crippen MR) is 60.5 cm³/mol. The third-order valence-electron chi connectivity index (χ3n) is 3.86. The average Bonchev–Trinajstić information content (AvgIpc) is 2.52. The van der Waals surface area contributed by atoms with E-state index in [4.69, 9.17) is 0 Å². The van der Waals surface area contributed by atoms with E-state index in [1.807, 2.05) is 0 Å². The number of nitrogens with one attached hydrogen (secondary N) is 1. The van der Waals surface area contributed by atoms with E-state index in [-0.39, 0.29) is 0 Å². The lowest BCUT2D eigenvalue weighted by atomic mass is 9.99. The highest BCUT2D eigenvalue weighted by molar-refractivity contribution is 4.84. The molecule has 0 aliphatic carbocycles. The van der Waals surface area contributed by atoms with Gasteiger partial charge in [0, 0.05) is 24.7 Å². The molecule has 2 heteroatoms. The third-order valence-corrected chi connectivity index (χ3v) is 3.86. The number of hydrogen-bond donors (Lipinski definition) is 1. The first-order valence-electron chi connectivity index (χ1n) is 6.26. The van der Waals surface area contributed by atoms with Crippen LogP contribution in [0.25, 0.3) is 0 Å². The minimum Gasteiger partial charge on any atom is -0.310 e. The van der Waals surface area contributed by atoms with Crippen LogP contribution in [0, 0.1) is 0 Å². The zero-order valence-corrected chi connectivity index (χ0v) is 9.63. The van der Waals surface area contributed by atoms with Gasteiger partial charge in [0.15, 0.2) is 0 Å². The quantitative estimate of drug-likeness (QED) is 0.726. The minimum atomic E-state index is 0.742. The van der Waals surface area contributed by atoms with Crippen LogP contribution in [-0.2, 0) is 0 Å². The normalized spacial score (nSPS) is 40.3. The smallest absolute Gasteiger partial charge is 0.0197 e. The Morgan fingerprint density at radius 1 is 1.14 bits per heavy atom. The molecule has 0 saturated carbocycles. The lowest BCUT2D eigenvalue weighted by Crippen LogP contribution is -2.48. The number of nitrogens with zero attached hydrogens (tertiary/aromatic N) is 1. The number of hydrogen-bond acceptors (Lipinski definition) is 2. The summed E-state index contributed by atoms with van der Waals surface area (Å²) in [6.45, 7) is 7.30. The third kappa shape index (κ3) is 2.48. The second-order valence-corrected chi connectivity index (χ2v) is 5.18. The fourth-order valence-corrected chi connectivity index (χ4v) is 2.93. The Balaban J connectivity index is 1.78. The summed E-state index contributed by atoms with van der Waals surface area (Å²) in [5.41, 5.74) is 0. The van der Waals surface area contributed by atoms with Gasteiger partial charge in [0.1, 0.15) is 0 Å². The van der Waals surface area contributed by atoms with Gasteiger partial charge < -0.3 is 5.32 Å². The van der Waals surface area contributed by atoms with Crippen molar-refractivity contribution in [3.63, 3.8) is 0 Å². The van der Waals surface area contributed by atoms with Crippen LogP contribution in [0.4, 0.5) is 0 Å². The van der Waals surface area contributed by atoms with Crippen molar-refractivity contribution >= 4 is 0 Å². The summed E-state index contributed by atoms with van der Waals surface area (Å²) in [6, 6.07) is 2.33. The maximum absolute atomic E-state index is 3.72. The molecule has 2 heterocycles. The fraction of sp³-hybridized carbons (Fsp3) is 1.00. The number of piperidine rings is 1. The predicted octanol–water partition coefficient (Wildman–Crippen LogP) is 2.00. The van der Waals surface area contributed by atoms with E-state index in [1.54, 1.807) is 0 Å². The van der Waals surface area contributed by atoms with Crippen LogP contribution >= 0.6 is 0 Å². The van der Waals surface area contributed by atoms with Gasteiger partial charge in [0.2, 0.25) is 0 Å². The van der Waals surface area contributed by atoms with Crippen molar-refractivity contribution in [2.45, 2.75) is 64.1 Å². The zero-order chi connectivity index (χ0) is 9.97. The summed E-state index contributed by atoms with van der Waals surface area (Å²) in [6.07, 6.45) is 6.98. The average molecular weight is 196 g/mol. The Labute approximate surface area is 88.1 Å². The highest BCUT2D eigenvalue weighted by atomic mass is 15.2. The highest BCUT2D eigenvalue weighted by Crippen LogP contribution is 2.19. The molecular formula is C12H24N2. The Hall–Kier alpha value is -0.0800. The Morgan fingerprint density at radius 3 is 2.64 bits per heavy atom. The molecule has 0 aromatic rings. The number of likely N-dealkylation sites (tertiary alicyclic amines) is 1. The van der Waals surface area contributed by atoms with Gasteiger partial charge in [0.25, 0.3) is 0 Å². The summed E-state index contributed by atoms with van der Waals surface area (Å²) in [4.78, 5) is 2.66. The topological polar surface area (TPSA) is 15.3 Å². The zero-order valence-electron chi connectivity index (χ0n) is 9.63. The van der Waals surface area contributed by atoms with E-state index in [0.29, 0.717) is 0 Å². The molecular weight excluding hydrogens is 172 g/mol. The lowest BCUT2D eigenvalue weighted by molar-refractivity contribution is 0.205. The molecule has 1 N–H and O–H groups in total. The molecule has 0 radical (unpaired) electrons. The molecule has 14 heavy (non-hydrogen) atoms. The van der Waals surface area contributed by atoms with Gasteiger partial charge in [-0.15, -0.1) is 0 Å². The minimum absolute atomic E-state index is 0.742. The van der Waals surface area contributed by atoms with Gasteiger partial charge in [-0.05, 0) is 46.1 Å². The molecule has 0 aromatic heterocycles. The largest absolute Gasteiger partial charge is 0.310 e. The van der Waals surface area contributed by atoms with Crippen molar-refractivity contribution in [2.75, 3.05) is 13.1 Å². The highest BCUT2D eigenvalue weighted by Gasteiger charge is 2.25. The molecule has 3 atom stereocenters. The summed E-state index contributed by atoms with van der Waals surface area (Å²) in [7, 11) is 0. The van der Waals surface area contributed by atoms with Gasteiger partial charge >= 0.3 is 0 Å². The molecule has 2 nitrogen and oxygen atoms in total. The van der Waals surface area contributed by atoms with Gasteiger partial charge in [-0.2, -0.15) is 0 Å². The van der Waals surface area contributed by atoms with Crippen LogP contribution in [0.1, 0.15) is 46.0 Å². The van der Waals surface area contributed by atoms with Crippen LogP contribution in [0.3, 0.4) is 0 Å². The van der Waals surface area contributed by atoms with Crippen LogP contribution in [0.5, 0.6) is 0 Å². The van der Waals surface area contributed by atoms with Crippen molar-refractivity contribution in [1.82, 2.24) is 10.2 Å². The molecule has 82 valence electrons. The molecule has 0 spiro atoms. The van der Waals surface area contributed by atoms with Crippen molar-refractivity contribution in [2.24, 2.45) is 0 Å². The van der Waals surface area contributed by atoms with Gasteiger partial charge in [-0.3, -0.25) is 4.90 Å². The van der Waals surface area contributed by atoms with Crippen LogP contribution in [0.15, 0.2) is 0 Å². The molecule has 2 aliphatic rings. The van der Waals surface area contributed by atoms with Gasteiger partial charge in [0.05, 0.1) is 0 Å². The monoisotopic (exact) mass is 196 g/mol. The van der Waals surface area contributed by atoms with E-state index < -0.39 is 0 Å². The van der Waals surface area contributed by atoms with Gasteiger partial charge in [-0.1, -0.05) is 6.42 Å². The standard InChI is InChI=1S/C12H24N2/c1-10-5-3-7-12(13-10)9-14-8-4-6-11(14)2/h10-13H,3-9H2,1-2H3. The molecule has 0 amide bonds. The molecule has 2 rings (SSSR count). The first-order valence-corrected chi connectivity index (χ1v) is 6.26. The van der Waals surface area contributed by atoms with E-state index in [2.05, 4.69) is 24.1 Å². The molecule has 2 saturated heterocycles. The van der Waals surface area contributed by atoms with Crippen molar-refractivity contribution in [1.29, 1.82) is 0 Å². The van der Waals surface area contributed by atoms with Gasteiger partial charge in [-0.25, -0.2) is 0 Å². The second-order valence-electron chi connectivity index (χ2n) is 5.18. The van der Waals surface area contributed by atoms with E-state index in [1.165, 1.54) is 45.2 Å². The van der Waals surface area contributed by atoms with E-state index >= 15 is 0 Å². The first-order chi connectivity index (χ1) is 6.75. The van der Waals surface area contributed by atoms with E-state index in [0.717, 1.165) is 18.1 Å². The van der Waals surface area contributed by atoms with Crippen LogP contribution in [-0.4, -0.2) is 36.1 Å². The van der Waals surface area contributed by atoms with Crippen LogP contribution in [0.2, 0.25) is 0 Å². The van der Waals surface area contributed by atoms with E-state index in [9.17, 15) is 0 Å². The molecule has 3 unspecified atom stereocenters.